The second-order valence-electron chi connectivity index (χ2n) is 20.2. The molecule has 406 valence electrons. The molecule has 0 fully saturated rings. The summed E-state index contributed by atoms with van der Waals surface area (Å²) in [6.07, 6.45) is 74.0. The van der Waals surface area contributed by atoms with Gasteiger partial charge in [0.25, 0.3) is 0 Å². The van der Waals surface area contributed by atoms with Crippen LogP contribution in [0.2, 0.25) is 0 Å². The van der Waals surface area contributed by atoms with Crippen LogP contribution in [0.3, 0.4) is 0 Å². The molecule has 0 aromatic rings. The van der Waals surface area contributed by atoms with Gasteiger partial charge in [-0.15, -0.1) is 0 Å². The quantitative estimate of drug-likeness (QED) is 0.0261. The van der Waals surface area contributed by atoms with Gasteiger partial charge in [-0.05, 0) is 64.2 Å². The lowest BCUT2D eigenvalue weighted by molar-refractivity contribution is -0.167. The second-order valence-corrected chi connectivity index (χ2v) is 20.2. The Labute approximate surface area is 434 Å². The summed E-state index contributed by atoms with van der Waals surface area (Å²) in [6, 6.07) is 0. The predicted octanol–water partition coefficient (Wildman–Crippen LogP) is 20.4. The van der Waals surface area contributed by atoms with Crippen LogP contribution in [0.15, 0.2) is 60.8 Å². The number of hydrogen-bond donors (Lipinski definition) is 0. The van der Waals surface area contributed by atoms with Crippen LogP contribution in [0.4, 0.5) is 0 Å². The summed E-state index contributed by atoms with van der Waals surface area (Å²) in [5.74, 6) is -0.858. The van der Waals surface area contributed by atoms with Crippen LogP contribution in [-0.2, 0) is 28.6 Å². The van der Waals surface area contributed by atoms with Crippen molar-refractivity contribution in [3.8, 4) is 0 Å². The number of hydrogen-bond acceptors (Lipinski definition) is 6. The Morgan fingerprint density at radius 1 is 0.300 bits per heavy atom. The standard InChI is InChI=1S/C64H114O6/c1-4-7-10-13-16-19-21-22-23-24-25-26-27-28-29-30-31-32-33-34-35-36-37-38-39-40-41-42-43-46-48-51-54-57-63(66)69-60-61(59-68-62(65)56-53-50-47-44-18-15-12-9-6-3)70-64(67)58-55-52-49-45-20-17-14-11-8-5-2/h7,10,16,19,22-23,25-26,28-29,61H,4-6,8-9,11-15,17-18,20-21,24,27,30-60H2,1-3H3/b10-7-,19-16-,23-22-,26-25-,29-28-. The molecule has 0 aliphatic carbocycles. The first-order chi connectivity index (χ1) is 34.5. The van der Waals surface area contributed by atoms with Crippen LogP contribution in [0.5, 0.6) is 0 Å². The number of carbonyl (C=O) groups is 3. The summed E-state index contributed by atoms with van der Waals surface area (Å²) in [5, 5.41) is 0. The van der Waals surface area contributed by atoms with Crippen molar-refractivity contribution in [1.29, 1.82) is 0 Å². The van der Waals surface area contributed by atoms with Gasteiger partial charge >= 0.3 is 17.9 Å². The Morgan fingerprint density at radius 2 is 0.557 bits per heavy atom. The maximum absolute atomic E-state index is 12.8. The molecule has 0 aliphatic rings. The van der Waals surface area contributed by atoms with Gasteiger partial charge in [0, 0.05) is 19.3 Å². The maximum atomic E-state index is 12.8. The van der Waals surface area contributed by atoms with E-state index in [0.29, 0.717) is 19.3 Å². The number of allylic oxidation sites excluding steroid dienone is 10. The molecule has 6 heteroatoms. The van der Waals surface area contributed by atoms with E-state index in [9.17, 15) is 14.4 Å². The maximum Gasteiger partial charge on any atom is 0.306 e. The number of unbranched alkanes of at least 4 members (excludes halogenated alkanes) is 34. The lowest BCUT2D eigenvalue weighted by Gasteiger charge is -2.18. The first-order valence-electron chi connectivity index (χ1n) is 30.3. The molecule has 0 bridgehead atoms. The molecule has 0 saturated heterocycles. The summed E-state index contributed by atoms with van der Waals surface area (Å²) in [5.41, 5.74) is 0. The van der Waals surface area contributed by atoms with E-state index >= 15 is 0 Å². The van der Waals surface area contributed by atoms with Gasteiger partial charge in [-0.3, -0.25) is 14.4 Å². The van der Waals surface area contributed by atoms with Crippen LogP contribution in [0.1, 0.15) is 310 Å². The molecule has 0 spiro atoms. The van der Waals surface area contributed by atoms with Crippen molar-refractivity contribution in [1.82, 2.24) is 0 Å². The average molecular weight is 980 g/mol. The molecule has 0 rings (SSSR count). The number of ether oxygens (including phenoxy) is 3. The zero-order chi connectivity index (χ0) is 50.7. The summed E-state index contributed by atoms with van der Waals surface area (Å²) >= 11 is 0. The van der Waals surface area contributed by atoms with Crippen molar-refractivity contribution >= 4 is 17.9 Å². The topological polar surface area (TPSA) is 78.9 Å². The molecule has 0 radical (unpaired) electrons. The van der Waals surface area contributed by atoms with Crippen LogP contribution < -0.4 is 0 Å². The number of carbonyl (C=O) groups excluding carboxylic acids is 3. The Morgan fingerprint density at radius 3 is 0.871 bits per heavy atom. The van der Waals surface area contributed by atoms with Crippen molar-refractivity contribution in [2.24, 2.45) is 0 Å². The molecule has 0 heterocycles. The minimum absolute atomic E-state index is 0.0678. The van der Waals surface area contributed by atoms with Gasteiger partial charge in [0.05, 0.1) is 0 Å². The Balaban J connectivity index is 3.97. The monoisotopic (exact) mass is 979 g/mol. The molecule has 70 heavy (non-hydrogen) atoms. The third kappa shape index (κ3) is 56.0. The Bertz CT molecular complexity index is 1260. The van der Waals surface area contributed by atoms with Gasteiger partial charge in [-0.2, -0.15) is 0 Å². The number of rotatable bonds is 55. The van der Waals surface area contributed by atoms with E-state index in [0.717, 1.165) is 89.9 Å². The van der Waals surface area contributed by atoms with Crippen LogP contribution >= 0.6 is 0 Å². The van der Waals surface area contributed by atoms with Gasteiger partial charge in [0.15, 0.2) is 6.10 Å². The first-order valence-corrected chi connectivity index (χ1v) is 30.3. The second kappa shape index (κ2) is 58.7. The lowest BCUT2D eigenvalue weighted by Crippen LogP contribution is -2.30. The lowest BCUT2D eigenvalue weighted by atomic mass is 10.0. The smallest absolute Gasteiger partial charge is 0.306 e. The third-order valence-corrected chi connectivity index (χ3v) is 13.3. The SMILES string of the molecule is CC/C=C\C/C=C\C/C=C\C/C=C\C/C=C\CCCCCCCCCCCCCCCCCCCC(=O)OCC(COC(=O)CCCCCCCCCCC)OC(=O)CCCCCCCCCCCC. The van der Waals surface area contributed by atoms with Gasteiger partial charge in [0.1, 0.15) is 13.2 Å². The van der Waals surface area contributed by atoms with Crippen molar-refractivity contribution in [3.63, 3.8) is 0 Å². The molecule has 0 saturated carbocycles. The molecule has 1 atom stereocenters. The minimum Gasteiger partial charge on any atom is -0.462 e. The highest BCUT2D eigenvalue weighted by atomic mass is 16.6. The zero-order valence-corrected chi connectivity index (χ0v) is 46.5. The Hall–Kier alpha value is -2.89. The molecular weight excluding hydrogens is 865 g/mol. The first kappa shape index (κ1) is 67.1. The molecule has 0 amide bonds. The summed E-state index contributed by atoms with van der Waals surface area (Å²) in [4.78, 5) is 37.9. The van der Waals surface area contributed by atoms with Gasteiger partial charge in [-0.1, -0.05) is 287 Å². The van der Waals surface area contributed by atoms with E-state index in [1.54, 1.807) is 0 Å². The fourth-order valence-electron chi connectivity index (χ4n) is 8.77. The fourth-order valence-corrected chi connectivity index (χ4v) is 8.77. The largest absolute Gasteiger partial charge is 0.462 e. The highest BCUT2D eigenvalue weighted by molar-refractivity contribution is 5.71. The highest BCUT2D eigenvalue weighted by Gasteiger charge is 2.19. The van der Waals surface area contributed by atoms with Gasteiger partial charge < -0.3 is 14.2 Å². The molecule has 1 unspecified atom stereocenters. The highest BCUT2D eigenvalue weighted by Crippen LogP contribution is 2.17. The molecular formula is C64H114O6. The van der Waals surface area contributed by atoms with Crippen molar-refractivity contribution in [2.75, 3.05) is 13.2 Å². The normalized spacial score (nSPS) is 12.4. The van der Waals surface area contributed by atoms with Crippen molar-refractivity contribution in [2.45, 2.75) is 316 Å². The average Bonchev–Trinajstić information content (AvgIpc) is 3.36. The summed E-state index contributed by atoms with van der Waals surface area (Å²) in [6.45, 7) is 6.52. The summed E-state index contributed by atoms with van der Waals surface area (Å²) in [7, 11) is 0. The van der Waals surface area contributed by atoms with Crippen LogP contribution in [0.25, 0.3) is 0 Å². The fraction of sp³-hybridized carbons (Fsp3) is 0.797. The van der Waals surface area contributed by atoms with Crippen LogP contribution in [-0.4, -0.2) is 37.2 Å². The van der Waals surface area contributed by atoms with Crippen molar-refractivity contribution in [3.05, 3.63) is 60.8 Å². The summed E-state index contributed by atoms with van der Waals surface area (Å²) < 4.78 is 16.8. The Kier molecular flexibility index (Phi) is 56.3. The third-order valence-electron chi connectivity index (χ3n) is 13.3. The van der Waals surface area contributed by atoms with E-state index < -0.39 is 6.10 Å². The molecule has 0 aromatic carbocycles. The van der Waals surface area contributed by atoms with Gasteiger partial charge in [0.2, 0.25) is 0 Å². The molecule has 0 N–H and O–H groups in total. The minimum atomic E-state index is -0.765. The predicted molar refractivity (Wildman–Crippen MR) is 302 cm³/mol. The van der Waals surface area contributed by atoms with E-state index in [1.165, 1.54) is 180 Å². The number of esters is 3. The molecule has 0 aliphatic heterocycles. The zero-order valence-electron chi connectivity index (χ0n) is 46.5. The van der Waals surface area contributed by atoms with E-state index in [4.69, 9.17) is 14.2 Å². The van der Waals surface area contributed by atoms with Gasteiger partial charge in [-0.25, -0.2) is 0 Å². The van der Waals surface area contributed by atoms with E-state index in [-0.39, 0.29) is 31.1 Å². The van der Waals surface area contributed by atoms with Crippen molar-refractivity contribution < 1.29 is 28.6 Å². The van der Waals surface area contributed by atoms with Crippen LogP contribution in [0, 0.1) is 0 Å². The van der Waals surface area contributed by atoms with E-state index in [2.05, 4.69) is 81.5 Å². The molecule has 0 aromatic heterocycles. The van der Waals surface area contributed by atoms with E-state index in [1.807, 2.05) is 0 Å². The molecule has 6 nitrogen and oxygen atoms in total.